The minimum atomic E-state index is 0.151. The average Bonchev–Trinajstić information content (AvgIpc) is 3.17. The molecule has 4 nitrogen and oxygen atoms in total. The van der Waals surface area contributed by atoms with Crippen LogP contribution in [0.5, 0.6) is 0 Å². The molecule has 0 saturated heterocycles. The van der Waals surface area contributed by atoms with E-state index < -0.39 is 0 Å². The van der Waals surface area contributed by atoms with Crippen LogP contribution < -0.4 is 10.6 Å². The minimum absolute atomic E-state index is 0.151. The molecular weight excluding hydrogens is 240 g/mol. The molecule has 2 N–H and O–H groups in total. The summed E-state index contributed by atoms with van der Waals surface area (Å²) < 4.78 is 0. The summed E-state index contributed by atoms with van der Waals surface area (Å²) in [5.41, 5.74) is 0. The molecule has 19 heavy (non-hydrogen) atoms. The first-order valence-electron chi connectivity index (χ1n) is 7.64. The molecule has 0 unspecified atom stereocenters. The molecule has 0 heterocycles. The van der Waals surface area contributed by atoms with E-state index in [0.29, 0.717) is 24.3 Å². The van der Waals surface area contributed by atoms with E-state index in [9.17, 15) is 9.59 Å². The summed E-state index contributed by atoms with van der Waals surface area (Å²) in [6.45, 7) is 4.84. The summed E-state index contributed by atoms with van der Waals surface area (Å²) in [5, 5.41) is 6.16. The molecule has 3 fully saturated rings. The van der Waals surface area contributed by atoms with Gasteiger partial charge in [0.1, 0.15) is 0 Å². The molecule has 0 aromatic heterocycles. The van der Waals surface area contributed by atoms with Crippen LogP contribution in [0.25, 0.3) is 0 Å². The van der Waals surface area contributed by atoms with Crippen LogP contribution in [-0.2, 0) is 9.59 Å². The molecule has 5 atom stereocenters. The van der Waals surface area contributed by atoms with Crippen molar-refractivity contribution in [2.75, 3.05) is 6.54 Å². The molecule has 0 spiro atoms. The fourth-order valence-electron chi connectivity index (χ4n) is 2.84. The lowest BCUT2D eigenvalue weighted by molar-refractivity contribution is -0.125. The summed E-state index contributed by atoms with van der Waals surface area (Å²) in [5.74, 6) is 2.48. The Morgan fingerprint density at radius 2 is 1.58 bits per heavy atom. The van der Waals surface area contributed by atoms with Crippen LogP contribution in [0.4, 0.5) is 0 Å². The van der Waals surface area contributed by atoms with Crippen molar-refractivity contribution in [3.63, 3.8) is 0 Å². The summed E-state index contributed by atoms with van der Waals surface area (Å²) in [6.07, 6.45) is 4.41. The van der Waals surface area contributed by atoms with Gasteiger partial charge in [-0.25, -0.2) is 0 Å². The van der Waals surface area contributed by atoms with Gasteiger partial charge in [-0.15, -0.1) is 0 Å². The zero-order valence-corrected chi connectivity index (χ0v) is 11.8. The van der Waals surface area contributed by atoms with Gasteiger partial charge >= 0.3 is 0 Å². The normalized spacial score (nSPS) is 37.4. The summed E-state index contributed by atoms with van der Waals surface area (Å²) in [7, 11) is 0. The first-order valence-corrected chi connectivity index (χ1v) is 7.64. The van der Waals surface area contributed by atoms with Crippen molar-refractivity contribution in [2.24, 2.45) is 29.6 Å². The molecule has 0 bridgehead atoms. The van der Waals surface area contributed by atoms with Crippen LogP contribution in [-0.4, -0.2) is 24.4 Å². The lowest BCUT2D eigenvalue weighted by atomic mass is 10.1. The topological polar surface area (TPSA) is 58.2 Å². The highest BCUT2D eigenvalue weighted by atomic mass is 16.2. The van der Waals surface area contributed by atoms with Crippen LogP contribution in [0, 0.1) is 29.6 Å². The second-order valence-corrected chi connectivity index (χ2v) is 6.84. The maximum absolute atomic E-state index is 12.0. The van der Waals surface area contributed by atoms with Gasteiger partial charge in [-0.05, 0) is 43.4 Å². The highest BCUT2D eigenvalue weighted by Gasteiger charge is 2.43. The van der Waals surface area contributed by atoms with Crippen LogP contribution in [0.2, 0.25) is 0 Å². The van der Waals surface area contributed by atoms with Crippen molar-refractivity contribution >= 4 is 11.8 Å². The molecule has 3 rings (SSSR count). The lowest BCUT2D eigenvalue weighted by Gasteiger charge is -2.19. The van der Waals surface area contributed by atoms with E-state index >= 15 is 0 Å². The predicted octanol–water partition coefficient (Wildman–Crippen LogP) is 1.31. The number of amides is 2. The van der Waals surface area contributed by atoms with Gasteiger partial charge in [-0.2, -0.15) is 0 Å². The maximum Gasteiger partial charge on any atom is 0.223 e. The molecule has 3 aliphatic carbocycles. The zero-order chi connectivity index (χ0) is 13.6. The molecule has 2 amide bonds. The van der Waals surface area contributed by atoms with E-state index in [0.717, 1.165) is 12.8 Å². The van der Waals surface area contributed by atoms with Crippen LogP contribution in [0.1, 0.15) is 39.5 Å². The van der Waals surface area contributed by atoms with Crippen molar-refractivity contribution < 1.29 is 9.59 Å². The Morgan fingerprint density at radius 1 is 1.05 bits per heavy atom. The third-order valence-electron chi connectivity index (χ3n) is 4.91. The van der Waals surface area contributed by atoms with E-state index in [1.165, 1.54) is 12.8 Å². The van der Waals surface area contributed by atoms with Crippen molar-refractivity contribution in [1.82, 2.24) is 10.6 Å². The largest absolute Gasteiger partial charge is 0.354 e. The summed E-state index contributed by atoms with van der Waals surface area (Å²) in [6, 6.07) is 0.151. The molecule has 3 saturated carbocycles. The van der Waals surface area contributed by atoms with Gasteiger partial charge in [-0.3, -0.25) is 9.59 Å². The van der Waals surface area contributed by atoms with Gasteiger partial charge in [0.15, 0.2) is 0 Å². The number of rotatable bonds is 6. The monoisotopic (exact) mass is 264 g/mol. The highest BCUT2D eigenvalue weighted by Crippen LogP contribution is 2.39. The third kappa shape index (κ3) is 3.10. The third-order valence-corrected chi connectivity index (χ3v) is 4.91. The van der Waals surface area contributed by atoms with E-state index in [2.05, 4.69) is 24.5 Å². The predicted molar refractivity (Wildman–Crippen MR) is 72.2 cm³/mol. The standard InChI is InChI=1S/C15H24N2O2/c1-8-5-11(8)14(18)16-7-13(10-3-4-10)17-15(19)12-6-9(12)2/h8-13H,3-7H2,1-2H3,(H,16,18)(H,17,19)/t8-,9+,11+,12-,13+/m1/s1. The van der Waals surface area contributed by atoms with E-state index in [4.69, 9.17) is 0 Å². The van der Waals surface area contributed by atoms with Gasteiger partial charge in [-0.1, -0.05) is 13.8 Å². The Hall–Kier alpha value is -1.06. The fraction of sp³-hybridized carbons (Fsp3) is 0.867. The first-order chi connectivity index (χ1) is 9.06. The van der Waals surface area contributed by atoms with E-state index in [1.54, 1.807) is 0 Å². The smallest absolute Gasteiger partial charge is 0.223 e. The molecule has 106 valence electrons. The number of nitrogens with one attached hydrogen (secondary N) is 2. The molecule has 0 radical (unpaired) electrons. The Labute approximate surface area is 114 Å². The van der Waals surface area contributed by atoms with E-state index in [-0.39, 0.29) is 29.7 Å². The Bertz CT molecular complexity index is 392. The Balaban J connectivity index is 1.45. The zero-order valence-electron chi connectivity index (χ0n) is 11.8. The van der Waals surface area contributed by atoms with Gasteiger partial charge in [0.25, 0.3) is 0 Å². The molecule has 0 aliphatic heterocycles. The van der Waals surface area contributed by atoms with Crippen molar-refractivity contribution in [2.45, 2.75) is 45.6 Å². The SMILES string of the molecule is C[C@@H]1C[C@@H]1C(=O)NC[C@H](NC(=O)[C@@H]1C[C@@H]1C)C1CC1. The first kappa shape index (κ1) is 12.9. The quantitative estimate of drug-likeness (QED) is 0.760. The molecule has 0 aromatic rings. The van der Waals surface area contributed by atoms with Gasteiger partial charge in [0.05, 0.1) is 0 Å². The lowest BCUT2D eigenvalue weighted by Crippen LogP contribution is -2.46. The summed E-state index contributed by atoms with van der Waals surface area (Å²) in [4.78, 5) is 23.8. The van der Waals surface area contributed by atoms with Crippen molar-refractivity contribution in [1.29, 1.82) is 0 Å². The molecular formula is C15H24N2O2. The van der Waals surface area contributed by atoms with Crippen LogP contribution in [0.3, 0.4) is 0 Å². The fourth-order valence-corrected chi connectivity index (χ4v) is 2.84. The number of carbonyl (C=O) groups is 2. The molecule has 3 aliphatic rings. The van der Waals surface area contributed by atoms with Crippen molar-refractivity contribution in [3.05, 3.63) is 0 Å². The van der Waals surface area contributed by atoms with Gasteiger partial charge < -0.3 is 10.6 Å². The number of hydrogen-bond donors (Lipinski definition) is 2. The Kier molecular flexibility index (Phi) is 3.27. The number of hydrogen-bond acceptors (Lipinski definition) is 2. The Morgan fingerprint density at radius 3 is 2.05 bits per heavy atom. The highest BCUT2D eigenvalue weighted by molar-refractivity contribution is 5.83. The molecule has 0 aromatic carbocycles. The average molecular weight is 264 g/mol. The number of carbonyl (C=O) groups excluding carboxylic acids is 2. The summed E-state index contributed by atoms with van der Waals surface area (Å²) >= 11 is 0. The van der Waals surface area contributed by atoms with E-state index in [1.807, 2.05) is 0 Å². The second kappa shape index (κ2) is 4.80. The maximum atomic E-state index is 12.0. The second-order valence-electron chi connectivity index (χ2n) is 6.84. The van der Waals surface area contributed by atoms with Crippen molar-refractivity contribution in [3.8, 4) is 0 Å². The molecule has 4 heteroatoms. The van der Waals surface area contributed by atoms with Gasteiger partial charge in [0.2, 0.25) is 11.8 Å². The van der Waals surface area contributed by atoms with Crippen LogP contribution in [0.15, 0.2) is 0 Å². The van der Waals surface area contributed by atoms with Gasteiger partial charge in [0, 0.05) is 24.4 Å². The minimum Gasteiger partial charge on any atom is -0.354 e. The van der Waals surface area contributed by atoms with Crippen LogP contribution >= 0.6 is 0 Å².